The van der Waals surface area contributed by atoms with E-state index in [1.54, 1.807) is 0 Å². The van der Waals surface area contributed by atoms with Crippen LogP contribution in [0.5, 0.6) is 0 Å². The molecule has 2 saturated carbocycles. The third-order valence-corrected chi connectivity index (χ3v) is 6.23. The lowest BCUT2D eigenvalue weighted by atomic mass is 9.85. The van der Waals surface area contributed by atoms with Gasteiger partial charge in [0.25, 0.3) is 0 Å². The highest BCUT2D eigenvalue weighted by Crippen LogP contribution is 2.29. The van der Waals surface area contributed by atoms with Crippen molar-refractivity contribution in [2.75, 3.05) is 6.54 Å². The molecular weight excluding hydrogens is 288 g/mol. The highest BCUT2D eigenvalue weighted by molar-refractivity contribution is 5.89. The number of hydrogen-bond donors (Lipinski definition) is 1. The van der Waals surface area contributed by atoms with Crippen LogP contribution in [0.3, 0.4) is 0 Å². The molecule has 1 saturated heterocycles. The first kappa shape index (κ1) is 16.8. The van der Waals surface area contributed by atoms with Crippen molar-refractivity contribution in [3.05, 3.63) is 0 Å². The summed E-state index contributed by atoms with van der Waals surface area (Å²) in [4.78, 5) is 27.0. The summed E-state index contributed by atoms with van der Waals surface area (Å²) in [5, 5.41) is 3.25. The lowest BCUT2D eigenvalue weighted by Crippen LogP contribution is -2.44. The van der Waals surface area contributed by atoms with Gasteiger partial charge in [0.15, 0.2) is 0 Å². The zero-order valence-corrected chi connectivity index (χ0v) is 14.6. The van der Waals surface area contributed by atoms with E-state index in [4.69, 9.17) is 0 Å². The smallest absolute Gasteiger partial charge is 0.225 e. The van der Waals surface area contributed by atoms with E-state index in [2.05, 4.69) is 12.2 Å². The summed E-state index contributed by atoms with van der Waals surface area (Å²) >= 11 is 0. The minimum absolute atomic E-state index is 0.119. The molecule has 2 aliphatic carbocycles. The summed E-state index contributed by atoms with van der Waals surface area (Å²) in [6.07, 6.45) is 12.5. The Morgan fingerprint density at radius 2 is 1.65 bits per heavy atom. The Morgan fingerprint density at radius 1 is 1.00 bits per heavy atom. The van der Waals surface area contributed by atoms with Gasteiger partial charge >= 0.3 is 0 Å². The van der Waals surface area contributed by atoms with Crippen molar-refractivity contribution >= 4 is 11.8 Å². The predicted molar refractivity (Wildman–Crippen MR) is 90.9 cm³/mol. The summed E-state index contributed by atoms with van der Waals surface area (Å²) in [6.45, 7) is 2.89. The molecule has 0 aromatic heterocycles. The summed E-state index contributed by atoms with van der Waals surface area (Å²) in [6, 6.07) is 0.703. The number of carbonyl (C=O) groups excluding carboxylic acids is 2. The minimum atomic E-state index is -0.125. The van der Waals surface area contributed by atoms with E-state index in [9.17, 15) is 9.59 Å². The fraction of sp³-hybridized carbons (Fsp3) is 0.895. The van der Waals surface area contributed by atoms with Crippen molar-refractivity contribution in [3.63, 3.8) is 0 Å². The fourth-order valence-corrected chi connectivity index (χ4v) is 4.66. The van der Waals surface area contributed by atoms with Gasteiger partial charge in [-0.05, 0) is 31.6 Å². The average molecular weight is 320 g/mol. The van der Waals surface area contributed by atoms with Gasteiger partial charge in [-0.15, -0.1) is 0 Å². The number of amides is 2. The quantitative estimate of drug-likeness (QED) is 0.812. The Bertz CT molecular complexity index is 429. The number of nitrogens with one attached hydrogen (secondary N) is 1. The largest absolute Gasteiger partial charge is 0.353 e. The van der Waals surface area contributed by atoms with E-state index in [0.717, 1.165) is 19.3 Å². The summed E-state index contributed by atoms with van der Waals surface area (Å²) in [7, 11) is 0. The molecule has 1 heterocycles. The molecule has 23 heavy (non-hydrogen) atoms. The van der Waals surface area contributed by atoms with E-state index < -0.39 is 0 Å². The second kappa shape index (κ2) is 7.67. The molecule has 4 heteroatoms. The third-order valence-electron chi connectivity index (χ3n) is 6.23. The van der Waals surface area contributed by atoms with Gasteiger partial charge in [0, 0.05) is 25.0 Å². The Labute approximate surface area is 140 Å². The first-order chi connectivity index (χ1) is 11.1. The topological polar surface area (TPSA) is 49.4 Å². The lowest BCUT2D eigenvalue weighted by molar-refractivity contribution is -0.130. The van der Waals surface area contributed by atoms with Crippen molar-refractivity contribution in [3.8, 4) is 0 Å². The van der Waals surface area contributed by atoms with Crippen molar-refractivity contribution < 1.29 is 9.59 Å². The van der Waals surface area contributed by atoms with Gasteiger partial charge in [0.05, 0.1) is 5.92 Å². The molecule has 2 amide bonds. The van der Waals surface area contributed by atoms with Crippen LogP contribution in [0.15, 0.2) is 0 Å². The Kier molecular flexibility index (Phi) is 5.60. The van der Waals surface area contributed by atoms with Crippen LogP contribution in [0, 0.1) is 11.8 Å². The Hall–Kier alpha value is -1.06. The number of carbonyl (C=O) groups is 2. The molecule has 130 valence electrons. The van der Waals surface area contributed by atoms with E-state index >= 15 is 0 Å². The zero-order chi connectivity index (χ0) is 16.2. The normalized spacial score (nSPS) is 33.5. The van der Waals surface area contributed by atoms with Gasteiger partial charge in [-0.3, -0.25) is 9.59 Å². The molecule has 3 fully saturated rings. The van der Waals surface area contributed by atoms with Crippen LogP contribution in [0.25, 0.3) is 0 Å². The molecule has 0 radical (unpaired) electrons. The molecule has 0 aromatic carbocycles. The van der Waals surface area contributed by atoms with Gasteiger partial charge in [-0.1, -0.05) is 45.4 Å². The third kappa shape index (κ3) is 4.07. The Balaban J connectivity index is 1.54. The fourth-order valence-electron chi connectivity index (χ4n) is 4.66. The van der Waals surface area contributed by atoms with Crippen LogP contribution in [0.4, 0.5) is 0 Å². The van der Waals surface area contributed by atoms with Gasteiger partial charge in [-0.25, -0.2) is 0 Å². The number of likely N-dealkylation sites (tertiary alicyclic amines) is 1. The SMILES string of the molecule is C[C@@H]1CCCC[C@@H]1NC(=O)[C@@H]1CC(=O)N(C2CCCCCC2)C1. The first-order valence-corrected chi connectivity index (χ1v) is 9.75. The standard InChI is InChI=1S/C19H32N2O2/c1-14-8-6-7-11-17(14)20-19(23)15-12-18(22)21(13-15)16-9-4-2-3-5-10-16/h14-17H,2-13H2,1H3,(H,20,23)/t14-,15-,17+/m1/s1. The van der Waals surface area contributed by atoms with Crippen LogP contribution < -0.4 is 5.32 Å². The van der Waals surface area contributed by atoms with Gasteiger partial charge in [0.2, 0.25) is 11.8 Å². The maximum atomic E-state index is 12.6. The molecule has 3 atom stereocenters. The van der Waals surface area contributed by atoms with E-state index in [-0.39, 0.29) is 17.7 Å². The van der Waals surface area contributed by atoms with Crippen LogP contribution in [-0.2, 0) is 9.59 Å². The molecule has 0 bridgehead atoms. The van der Waals surface area contributed by atoms with E-state index in [0.29, 0.717) is 31.0 Å². The predicted octanol–water partition coefficient (Wildman–Crippen LogP) is 3.25. The minimum Gasteiger partial charge on any atom is -0.353 e. The molecular formula is C19H32N2O2. The van der Waals surface area contributed by atoms with Gasteiger partial charge in [-0.2, -0.15) is 0 Å². The number of nitrogens with zero attached hydrogens (tertiary/aromatic N) is 1. The molecule has 0 aromatic rings. The first-order valence-electron chi connectivity index (χ1n) is 9.75. The zero-order valence-electron chi connectivity index (χ0n) is 14.6. The summed E-state index contributed by atoms with van der Waals surface area (Å²) in [5.41, 5.74) is 0. The molecule has 1 aliphatic heterocycles. The van der Waals surface area contributed by atoms with E-state index in [1.165, 1.54) is 44.9 Å². The molecule has 1 N–H and O–H groups in total. The van der Waals surface area contributed by atoms with Crippen LogP contribution in [-0.4, -0.2) is 35.3 Å². The van der Waals surface area contributed by atoms with Crippen molar-refractivity contribution in [2.24, 2.45) is 11.8 Å². The lowest BCUT2D eigenvalue weighted by Gasteiger charge is -2.30. The molecule has 3 aliphatic rings. The Morgan fingerprint density at radius 3 is 2.35 bits per heavy atom. The second-order valence-electron chi connectivity index (χ2n) is 7.97. The monoisotopic (exact) mass is 320 g/mol. The number of rotatable bonds is 3. The van der Waals surface area contributed by atoms with Crippen molar-refractivity contribution in [2.45, 2.75) is 89.6 Å². The molecule has 0 spiro atoms. The van der Waals surface area contributed by atoms with Gasteiger partial charge < -0.3 is 10.2 Å². The summed E-state index contributed by atoms with van der Waals surface area (Å²) in [5.74, 6) is 0.768. The second-order valence-corrected chi connectivity index (χ2v) is 7.97. The molecule has 0 unspecified atom stereocenters. The van der Waals surface area contributed by atoms with Crippen molar-refractivity contribution in [1.29, 1.82) is 0 Å². The van der Waals surface area contributed by atoms with Gasteiger partial charge in [0.1, 0.15) is 0 Å². The van der Waals surface area contributed by atoms with Crippen molar-refractivity contribution in [1.82, 2.24) is 10.2 Å². The highest BCUT2D eigenvalue weighted by Gasteiger charge is 2.38. The number of hydrogen-bond acceptors (Lipinski definition) is 2. The molecule has 4 nitrogen and oxygen atoms in total. The van der Waals surface area contributed by atoms with Crippen LogP contribution in [0.2, 0.25) is 0 Å². The van der Waals surface area contributed by atoms with Crippen LogP contribution >= 0.6 is 0 Å². The van der Waals surface area contributed by atoms with E-state index in [1.807, 2.05) is 4.90 Å². The highest BCUT2D eigenvalue weighted by atomic mass is 16.2. The average Bonchev–Trinajstić information content (AvgIpc) is 2.75. The molecule has 3 rings (SSSR count). The maximum absolute atomic E-state index is 12.6. The van der Waals surface area contributed by atoms with Crippen LogP contribution in [0.1, 0.15) is 77.6 Å². The summed E-state index contributed by atoms with van der Waals surface area (Å²) < 4.78 is 0. The maximum Gasteiger partial charge on any atom is 0.225 e.